The summed E-state index contributed by atoms with van der Waals surface area (Å²) in [6.45, 7) is 2.79. The van der Waals surface area contributed by atoms with Crippen LogP contribution in [0.2, 0.25) is 0 Å². The lowest BCUT2D eigenvalue weighted by Gasteiger charge is -2.11. The van der Waals surface area contributed by atoms with Gasteiger partial charge in [-0.05, 0) is 30.1 Å². The van der Waals surface area contributed by atoms with E-state index in [1.807, 2.05) is 37.3 Å². The highest BCUT2D eigenvalue weighted by Gasteiger charge is 2.15. The Labute approximate surface area is 118 Å². The van der Waals surface area contributed by atoms with E-state index in [0.29, 0.717) is 17.8 Å². The summed E-state index contributed by atoms with van der Waals surface area (Å²) in [6, 6.07) is 14.4. The van der Waals surface area contributed by atoms with Crippen LogP contribution >= 0.6 is 0 Å². The first-order chi connectivity index (χ1) is 9.70. The Hall–Kier alpha value is -1.98. The molecule has 0 saturated heterocycles. The highest BCUT2D eigenvalue weighted by Crippen LogP contribution is 2.20. The van der Waals surface area contributed by atoms with Crippen molar-refractivity contribution in [1.29, 1.82) is 0 Å². The summed E-state index contributed by atoms with van der Waals surface area (Å²) in [7, 11) is -1.50. The lowest BCUT2D eigenvalue weighted by Crippen LogP contribution is -2.33. The SMILES string of the molecule is CCOc1cccc(OCc2ccccc2B(O)O)c1. The third-order valence-electron chi connectivity index (χ3n) is 2.84. The molecule has 2 aromatic rings. The van der Waals surface area contributed by atoms with E-state index in [1.165, 1.54) is 0 Å². The van der Waals surface area contributed by atoms with Gasteiger partial charge in [0.15, 0.2) is 0 Å². The predicted octanol–water partition coefficient (Wildman–Crippen LogP) is 1.34. The quantitative estimate of drug-likeness (QED) is 0.779. The molecule has 0 radical (unpaired) electrons. The minimum Gasteiger partial charge on any atom is -0.494 e. The van der Waals surface area contributed by atoms with E-state index in [-0.39, 0.29) is 6.61 Å². The molecule has 4 nitrogen and oxygen atoms in total. The fourth-order valence-corrected chi connectivity index (χ4v) is 1.90. The van der Waals surface area contributed by atoms with Crippen molar-refractivity contribution >= 4 is 12.6 Å². The molecule has 0 heterocycles. The van der Waals surface area contributed by atoms with Gasteiger partial charge in [-0.25, -0.2) is 0 Å². The Bertz CT molecular complexity index is 557. The molecular formula is C15H17BO4. The number of hydrogen-bond acceptors (Lipinski definition) is 4. The molecule has 2 rings (SSSR count). The van der Waals surface area contributed by atoms with E-state index in [9.17, 15) is 10.0 Å². The Kier molecular flexibility index (Phi) is 5.04. The van der Waals surface area contributed by atoms with Gasteiger partial charge in [-0.3, -0.25) is 0 Å². The molecule has 0 aromatic heterocycles. The van der Waals surface area contributed by atoms with Crippen LogP contribution in [0.1, 0.15) is 12.5 Å². The number of rotatable bonds is 6. The third kappa shape index (κ3) is 3.76. The van der Waals surface area contributed by atoms with Crippen LogP contribution in [0.4, 0.5) is 0 Å². The van der Waals surface area contributed by atoms with Gasteiger partial charge in [0, 0.05) is 6.07 Å². The molecule has 0 amide bonds. The van der Waals surface area contributed by atoms with Crippen molar-refractivity contribution in [3.63, 3.8) is 0 Å². The van der Waals surface area contributed by atoms with Crippen molar-refractivity contribution in [2.75, 3.05) is 6.61 Å². The maximum Gasteiger partial charge on any atom is 0.488 e. The molecule has 0 aliphatic rings. The fraction of sp³-hybridized carbons (Fsp3) is 0.200. The lowest BCUT2D eigenvalue weighted by molar-refractivity contribution is 0.299. The third-order valence-corrected chi connectivity index (χ3v) is 2.84. The molecule has 5 heteroatoms. The Morgan fingerprint density at radius 3 is 2.35 bits per heavy atom. The first-order valence-corrected chi connectivity index (χ1v) is 6.50. The number of benzene rings is 2. The summed E-state index contributed by atoms with van der Waals surface area (Å²) in [6.07, 6.45) is 0. The first-order valence-electron chi connectivity index (χ1n) is 6.50. The summed E-state index contributed by atoms with van der Waals surface area (Å²) in [5.74, 6) is 1.43. The van der Waals surface area contributed by atoms with E-state index in [0.717, 1.165) is 11.3 Å². The molecule has 0 fully saturated rings. The molecule has 0 spiro atoms. The molecule has 2 aromatic carbocycles. The maximum atomic E-state index is 9.30. The summed E-state index contributed by atoms with van der Waals surface area (Å²) < 4.78 is 11.1. The van der Waals surface area contributed by atoms with Gasteiger partial charge < -0.3 is 19.5 Å². The highest BCUT2D eigenvalue weighted by atomic mass is 16.5. The van der Waals surface area contributed by atoms with Crippen LogP contribution < -0.4 is 14.9 Å². The molecule has 20 heavy (non-hydrogen) atoms. The molecule has 104 valence electrons. The smallest absolute Gasteiger partial charge is 0.488 e. The van der Waals surface area contributed by atoms with Gasteiger partial charge in [-0.2, -0.15) is 0 Å². The molecule has 0 saturated carbocycles. The monoisotopic (exact) mass is 272 g/mol. The van der Waals surface area contributed by atoms with Crippen molar-refractivity contribution in [1.82, 2.24) is 0 Å². The van der Waals surface area contributed by atoms with E-state index in [2.05, 4.69) is 0 Å². The second kappa shape index (κ2) is 6.98. The second-order valence-electron chi connectivity index (χ2n) is 4.27. The number of ether oxygens (including phenoxy) is 2. The summed E-state index contributed by atoms with van der Waals surface area (Å²) >= 11 is 0. The molecule has 2 N–H and O–H groups in total. The highest BCUT2D eigenvalue weighted by molar-refractivity contribution is 6.59. The van der Waals surface area contributed by atoms with Crippen LogP contribution in [0.15, 0.2) is 48.5 Å². The predicted molar refractivity (Wildman–Crippen MR) is 78.2 cm³/mol. The zero-order chi connectivity index (χ0) is 14.4. The van der Waals surface area contributed by atoms with Crippen molar-refractivity contribution in [2.24, 2.45) is 0 Å². The first kappa shape index (κ1) is 14.4. The Morgan fingerprint density at radius 1 is 0.950 bits per heavy atom. The van der Waals surface area contributed by atoms with Crippen molar-refractivity contribution in [3.05, 3.63) is 54.1 Å². The van der Waals surface area contributed by atoms with Gasteiger partial charge in [0.05, 0.1) is 6.61 Å². The van der Waals surface area contributed by atoms with Crippen LogP contribution in [-0.2, 0) is 6.61 Å². The zero-order valence-electron chi connectivity index (χ0n) is 11.3. The van der Waals surface area contributed by atoms with Crippen molar-refractivity contribution < 1.29 is 19.5 Å². The average Bonchev–Trinajstić information content (AvgIpc) is 2.46. The van der Waals surface area contributed by atoms with E-state index >= 15 is 0 Å². The van der Waals surface area contributed by atoms with Gasteiger partial charge in [0.1, 0.15) is 18.1 Å². The van der Waals surface area contributed by atoms with Crippen molar-refractivity contribution in [3.8, 4) is 11.5 Å². The molecule has 0 bridgehead atoms. The standard InChI is InChI=1S/C15H17BO4/c1-2-19-13-7-5-8-14(10-13)20-11-12-6-3-4-9-15(12)16(17)18/h3-10,17-18H,2,11H2,1H3. The average molecular weight is 272 g/mol. The van der Waals surface area contributed by atoms with Crippen molar-refractivity contribution in [2.45, 2.75) is 13.5 Å². The van der Waals surface area contributed by atoms with Crippen LogP contribution in [0.3, 0.4) is 0 Å². The maximum absolute atomic E-state index is 9.30. The molecule has 0 unspecified atom stereocenters. The molecule has 0 atom stereocenters. The van der Waals surface area contributed by atoms with E-state index in [4.69, 9.17) is 9.47 Å². The summed E-state index contributed by atoms with van der Waals surface area (Å²) in [5, 5.41) is 18.6. The zero-order valence-corrected chi connectivity index (χ0v) is 11.3. The van der Waals surface area contributed by atoms with Crippen LogP contribution in [0.25, 0.3) is 0 Å². The van der Waals surface area contributed by atoms with E-state index in [1.54, 1.807) is 18.2 Å². The van der Waals surface area contributed by atoms with Crippen LogP contribution in [0.5, 0.6) is 11.5 Å². The van der Waals surface area contributed by atoms with Crippen LogP contribution in [0, 0.1) is 0 Å². The second-order valence-corrected chi connectivity index (χ2v) is 4.27. The van der Waals surface area contributed by atoms with Gasteiger partial charge in [0.25, 0.3) is 0 Å². The minimum atomic E-state index is -1.50. The normalized spacial score (nSPS) is 10.2. The molecular weight excluding hydrogens is 255 g/mol. The van der Waals surface area contributed by atoms with Gasteiger partial charge in [-0.15, -0.1) is 0 Å². The fourth-order valence-electron chi connectivity index (χ4n) is 1.90. The summed E-state index contributed by atoms with van der Waals surface area (Å²) in [5.41, 5.74) is 1.19. The van der Waals surface area contributed by atoms with Gasteiger partial charge in [-0.1, -0.05) is 30.3 Å². The Balaban J connectivity index is 2.07. The molecule has 0 aliphatic heterocycles. The van der Waals surface area contributed by atoms with Gasteiger partial charge in [0.2, 0.25) is 0 Å². The largest absolute Gasteiger partial charge is 0.494 e. The van der Waals surface area contributed by atoms with Crippen LogP contribution in [-0.4, -0.2) is 23.8 Å². The number of hydrogen-bond donors (Lipinski definition) is 2. The lowest BCUT2D eigenvalue weighted by atomic mass is 9.77. The summed E-state index contributed by atoms with van der Waals surface area (Å²) in [4.78, 5) is 0. The van der Waals surface area contributed by atoms with E-state index < -0.39 is 7.12 Å². The Morgan fingerprint density at radius 2 is 1.65 bits per heavy atom. The molecule has 0 aliphatic carbocycles. The van der Waals surface area contributed by atoms with Gasteiger partial charge >= 0.3 is 7.12 Å². The topological polar surface area (TPSA) is 58.9 Å². The minimum absolute atomic E-state index is 0.267.